The highest BCUT2D eigenvalue weighted by molar-refractivity contribution is 5.82. The van der Waals surface area contributed by atoms with E-state index in [1.165, 1.54) is 0 Å². The van der Waals surface area contributed by atoms with E-state index in [0.29, 0.717) is 43.0 Å². The average Bonchev–Trinajstić information content (AvgIpc) is 3.07. The number of carbonyl (C=O) groups excluding carboxylic acids is 1. The molecule has 1 amide bonds. The Balaban J connectivity index is 1.45. The summed E-state index contributed by atoms with van der Waals surface area (Å²) in [5.41, 5.74) is 0. The second kappa shape index (κ2) is 6.12. The Hall–Kier alpha value is -2.61. The summed E-state index contributed by atoms with van der Waals surface area (Å²) in [6.07, 6.45) is -1.08. The molecule has 2 aliphatic heterocycles. The molecule has 0 N–H and O–H groups in total. The van der Waals surface area contributed by atoms with Gasteiger partial charge in [0.15, 0.2) is 17.6 Å². The van der Waals surface area contributed by atoms with Gasteiger partial charge < -0.3 is 23.5 Å². The molecule has 1 fully saturated rings. The number of nitrogens with zero attached hydrogens (tertiary/aromatic N) is 3. The predicted octanol–water partition coefficient (Wildman–Crippen LogP) is 1.12. The lowest BCUT2D eigenvalue weighted by Crippen LogP contribution is -2.50. The first-order valence-corrected chi connectivity index (χ1v) is 7.79. The minimum atomic E-state index is -0.664. The highest BCUT2D eigenvalue weighted by atomic mass is 16.6. The normalized spacial score (nSPS) is 23.1. The van der Waals surface area contributed by atoms with Crippen LogP contribution < -0.4 is 9.47 Å². The van der Waals surface area contributed by atoms with E-state index in [1.807, 2.05) is 18.2 Å². The van der Waals surface area contributed by atoms with Crippen LogP contribution >= 0.6 is 0 Å². The number of para-hydroxylation sites is 2. The van der Waals surface area contributed by atoms with Crippen molar-refractivity contribution in [2.24, 2.45) is 0 Å². The predicted molar refractivity (Wildman–Crippen MR) is 80.7 cm³/mol. The van der Waals surface area contributed by atoms with E-state index in [-0.39, 0.29) is 12.5 Å². The summed E-state index contributed by atoms with van der Waals surface area (Å²) in [6, 6.07) is 7.32. The molecular formula is C16H17N3O5. The molecule has 4 rings (SSSR count). The number of hydrogen-bond donors (Lipinski definition) is 0. The Morgan fingerprint density at radius 3 is 2.88 bits per heavy atom. The maximum atomic E-state index is 12.7. The first-order valence-electron chi connectivity index (χ1n) is 7.79. The number of aryl methyl sites for hydroxylation is 1. The molecule has 3 heterocycles. The number of morpholine rings is 1. The van der Waals surface area contributed by atoms with Crippen LogP contribution in [0.3, 0.4) is 0 Å². The van der Waals surface area contributed by atoms with E-state index in [2.05, 4.69) is 10.2 Å². The van der Waals surface area contributed by atoms with Crippen LogP contribution in [-0.4, -0.2) is 53.4 Å². The quantitative estimate of drug-likeness (QED) is 0.815. The van der Waals surface area contributed by atoms with Crippen molar-refractivity contribution in [3.63, 3.8) is 0 Å². The minimum absolute atomic E-state index is 0.131. The van der Waals surface area contributed by atoms with Crippen LogP contribution in [0.5, 0.6) is 11.5 Å². The van der Waals surface area contributed by atoms with Gasteiger partial charge in [0, 0.05) is 13.5 Å². The maximum absolute atomic E-state index is 12.7. The van der Waals surface area contributed by atoms with E-state index in [9.17, 15) is 4.79 Å². The van der Waals surface area contributed by atoms with E-state index < -0.39 is 12.2 Å². The van der Waals surface area contributed by atoms with Gasteiger partial charge in [0.05, 0.1) is 13.2 Å². The zero-order valence-corrected chi connectivity index (χ0v) is 13.2. The molecule has 2 aliphatic rings. The van der Waals surface area contributed by atoms with Crippen LogP contribution in [0.25, 0.3) is 0 Å². The molecule has 0 bridgehead atoms. The van der Waals surface area contributed by atoms with Crippen LogP contribution in [0.4, 0.5) is 0 Å². The fraction of sp³-hybridized carbons (Fsp3) is 0.438. The molecule has 0 aliphatic carbocycles. The highest BCUT2D eigenvalue weighted by Gasteiger charge is 2.35. The molecule has 0 unspecified atom stereocenters. The number of fused-ring (bicyclic) bond motifs is 1. The van der Waals surface area contributed by atoms with Crippen molar-refractivity contribution < 1.29 is 23.4 Å². The first kappa shape index (κ1) is 14.9. The largest absolute Gasteiger partial charge is 0.485 e. The zero-order valence-electron chi connectivity index (χ0n) is 13.2. The number of rotatable bonds is 2. The Morgan fingerprint density at radius 1 is 1.25 bits per heavy atom. The number of aromatic nitrogens is 2. The molecule has 8 heteroatoms. The summed E-state index contributed by atoms with van der Waals surface area (Å²) in [7, 11) is 0. The Bertz CT molecular complexity index is 747. The van der Waals surface area contributed by atoms with Crippen molar-refractivity contribution >= 4 is 5.91 Å². The van der Waals surface area contributed by atoms with Gasteiger partial charge in [0.25, 0.3) is 5.91 Å². The topological polar surface area (TPSA) is 86.9 Å². The summed E-state index contributed by atoms with van der Waals surface area (Å²) in [4.78, 5) is 14.4. The fourth-order valence-corrected chi connectivity index (χ4v) is 2.79. The van der Waals surface area contributed by atoms with Gasteiger partial charge in [-0.1, -0.05) is 12.1 Å². The van der Waals surface area contributed by atoms with Crippen molar-refractivity contribution in [3.05, 3.63) is 36.0 Å². The van der Waals surface area contributed by atoms with Crippen molar-refractivity contribution in [3.8, 4) is 11.5 Å². The van der Waals surface area contributed by atoms with Crippen molar-refractivity contribution in [2.45, 2.75) is 19.1 Å². The third kappa shape index (κ3) is 2.80. The molecule has 0 radical (unpaired) electrons. The van der Waals surface area contributed by atoms with Gasteiger partial charge in [-0.25, -0.2) is 0 Å². The third-order valence-corrected chi connectivity index (χ3v) is 3.98. The molecule has 8 nitrogen and oxygen atoms in total. The zero-order chi connectivity index (χ0) is 16.5. The lowest BCUT2D eigenvalue weighted by molar-refractivity contribution is -0.149. The van der Waals surface area contributed by atoms with Crippen LogP contribution in [0.2, 0.25) is 0 Å². The molecule has 24 heavy (non-hydrogen) atoms. The SMILES string of the molecule is Cc1nnc([C@H]2CN(C(=O)[C@H]3COc4ccccc4O3)CCO2)o1. The minimum Gasteiger partial charge on any atom is -0.485 e. The molecule has 0 spiro atoms. The Labute approximate surface area is 138 Å². The van der Waals surface area contributed by atoms with Crippen LogP contribution in [0.1, 0.15) is 17.9 Å². The molecule has 0 saturated carbocycles. The summed E-state index contributed by atoms with van der Waals surface area (Å²) < 4.78 is 22.4. The number of carbonyl (C=O) groups is 1. The number of benzene rings is 1. The second-order valence-electron chi connectivity index (χ2n) is 5.67. The summed E-state index contributed by atoms with van der Waals surface area (Å²) in [6.45, 7) is 3.15. The van der Waals surface area contributed by atoms with E-state index in [0.717, 1.165) is 0 Å². The van der Waals surface area contributed by atoms with Gasteiger partial charge in [-0.15, -0.1) is 10.2 Å². The highest BCUT2D eigenvalue weighted by Crippen LogP contribution is 2.31. The van der Waals surface area contributed by atoms with Gasteiger partial charge in [-0.05, 0) is 12.1 Å². The standard InChI is InChI=1S/C16H17N3O5/c1-10-17-18-15(23-10)13-8-19(6-7-21-13)16(20)14-9-22-11-4-2-3-5-12(11)24-14/h2-5,13-14H,6-9H2,1H3/t13-,14-/m1/s1. The summed E-state index contributed by atoms with van der Waals surface area (Å²) in [5, 5.41) is 7.77. The van der Waals surface area contributed by atoms with Gasteiger partial charge in [-0.2, -0.15) is 0 Å². The molecule has 1 saturated heterocycles. The average molecular weight is 331 g/mol. The maximum Gasteiger partial charge on any atom is 0.267 e. The van der Waals surface area contributed by atoms with E-state index in [1.54, 1.807) is 17.9 Å². The molecule has 2 atom stereocenters. The van der Waals surface area contributed by atoms with E-state index in [4.69, 9.17) is 18.6 Å². The van der Waals surface area contributed by atoms with Crippen molar-refractivity contribution in [2.75, 3.05) is 26.3 Å². The van der Waals surface area contributed by atoms with E-state index >= 15 is 0 Å². The van der Waals surface area contributed by atoms with Crippen molar-refractivity contribution in [1.29, 1.82) is 0 Å². The van der Waals surface area contributed by atoms with Gasteiger partial charge in [0.2, 0.25) is 17.9 Å². The molecule has 2 aromatic rings. The molecule has 1 aromatic carbocycles. The number of hydrogen-bond acceptors (Lipinski definition) is 7. The summed E-state index contributed by atoms with van der Waals surface area (Å²) >= 11 is 0. The lowest BCUT2D eigenvalue weighted by Gasteiger charge is -2.35. The molecular weight excluding hydrogens is 314 g/mol. The van der Waals surface area contributed by atoms with Crippen LogP contribution in [-0.2, 0) is 9.53 Å². The third-order valence-electron chi connectivity index (χ3n) is 3.98. The number of ether oxygens (including phenoxy) is 3. The van der Waals surface area contributed by atoms with Crippen LogP contribution in [0.15, 0.2) is 28.7 Å². The molecule has 126 valence electrons. The number of amides is 1. The monoisotopic (exact) mass is 331 g/mol. The van der Waals surface area contributed by atoms with Crippen molar-refractivity contribution in [1.82, 2.24) is 15.1 Å². The van der Waals surface area contributed by atoms with Gasteiger partial charge in [0.1, 0.15) is 6.61 Å². The van der Waals surface area contributed by atoms with Gasteiger partial charge in [-0.3, -0.25) is 4.79 Å². The Kier molecular flexibility index (Phi) is 3.81. The molecule has 1 aromatic heterocycles. The van der Waals surface area contributed by atoms with Crippen LogP contribution in [0, 0.1) is 6.92 Å². The lowest BCUT2D eigenvalue weighted by atomic mass is 10.2. The fourth-order valence-electron chi connectivity index (χ4n) is 2.79. The second-order valence-corrected chi connectivity index (χ2v) is 5.67. The first-order chi connectivity index (χ1) is 11.7. The summed E-state index contributed by atoms with van der Waals surface area (Å²) in [5.74, 6) is 1.96. The smallest absolute Gasteiger partial charge is 0.267 e. The van der Waals surface area contributed by atoms with Gasteiger partial charge >= 0.3 is 0 Å². The Morgan fingerprint density at radius 2 is 2.08 bits per heavy atom.